The molecule has 0 saturated carbocycles. The molecule has 1 aliphatic rings. The third kappa shape index (κ3) is 3.94. The number of rotatable bonds is 6. The van der Waals surface area contributed by atoms with Gasteiger partial charge < -0.3 is 10.6 Å². The van der Waals surface area contributed by atoms with Crippen LogP contribution in [0.25, 0.3) is 0 Å². The smallest absolute Gasteiger partial charge is 0.240 e. The predicted molar refractivity (Wildman–Crippen MR) is 81.4 cm³/mol. The molecule has 2 rings (SSSR count). The van der Waals surface area contributed by atoms with Crippen molar-refractivity contribution < 1.29 is 8.42 Å². The monoisotopic (exact) mass is 297 g/mol. The van der Waals surface area contributed by atoms with E-state index in [1.165, 1.54) is 19.9 Å². The maximum atomic E-state index is 11.8. The molecule has 1 aromatic carbocycles. The molecule has 112 valence electrons. The highest BCUT2D eigenvalue weighted by molar-refractivity contribution is 7.89. The lowest BCUT2D eigenvalue weighted by atomic mass is 10.1. The van der Waals surface area contributed by atoms with Gasteiger partial charge in [-0.2, -0.15) is 0 Å². The van der Waals surface area contributed by atoms with E-state index in [9.17, 15) is 8.42 Å². The molecule has 2 atom stereocenters. The third-order valence-corrected chi connectivity index (χ3v) is 5.04. The molecule has 0 amide bonds. The molecule has 0 spiro atoms. The first-order chi connectivity index (χ1) is 9.51. The van der Waals surface area contributed by atoms with Crippen molar-refractivity contribution in [1.29, 1.82) is 0 Å². The Morgan fingerprint density at radius 3 is 2.90 bits per heavy atom. The quantitative estimate of drug-likeness (QED) is 0.745. The van der Waals surface area contributed by atoms with E-state index in [1.807, 2.05) is 6.07 Å². The normalized spacial score (nSPS) is 20.8. The molecule has 0 bridgehead atoms. The fourth-order valence-electron chi connectivity index (χ4n) is 2.60. The molecule has 5 nitrogen and oxygen atoms in total. The van der Waals surface area contributed by atoms with Crippen LogP contribution in [0, 0.1) is 0 Å². The minimum Gasteiger partial charge on any atom is -0.382 e. The molecule has 0 aromatic heterocycles. The summed E-state index contributed by atoms with van der Waals surface area (Å²) >= 11 is 0. The van der Waals surface area contributed by atoms with E-state index in [1.54, 1.807) is 18.2 Å². The maximum Gasteiger partial charge on any atom is 0.240 e. The molecule has 1 fully saturated rings. The minimum absolute atomic E-state index is 0.288. The van der Waals surface area contributed by atoms with Crippen molar-refractivity contribution in [2.75, 3.05) is 18.9 Å². The van der Waals surface area contributed by atoms with Crippen LogP contribution in [-0.2, 0) is 10.0 Å². The fourth-order valence-corrected chi connectivity index (χ4v) is 3.37. The second kappa shape index (κ2) is 6.56. The highest BCUT2D eigenvalue weighted by Gasteiger charge is 2.17. The van der Waals surface area contributed by atoms with Gasteiger partial charge in [0.25, 0.3) is 0 Å². The van der Waals surface area contributed by atoms with Crippen LogP contribution in [-0.4, -0.2) is 34.1 Å². The second-order valence-electron chi connectivity index (χ2n) is 5.31. The van der Waals surface area contributed by atoms with Gasteiger partial charge in [0.05, 0.1) is 4.90 Å². The molecule has 3 N–H and O–H groups in total. The predicted octanol–water partition coefficient (Wildman–Crippen LogP) is 1.54. The Morgan fingerprint density at radius 2 is 2.25 bits per heavy atom. The van der Waals surface area contributed by atoms with Gasteiger partial charge in [0.15, 0.2) is 0 Å². The zero-order chi connectivity index (χ0) is 14.6. The van der Waals surface area contributed by atoms with Crippen LogP contribution in [0.4, 0.5) is 5.69 Å². The minimum atomic E-state index is -3.38. The summed E-state index contributed by atoms with van der Waals surface area (Å²) in [6.07, 6.45) is 3.51. The first kappa shape index (κ1) is 15.3. The lowest BCUT2D eigenvalue weighted by Gasteiger charge is -2.19. The molecule has 1 saturated heterocycles. The van der Waals surface area contributed by atoms with E-state index in [4.69, 9.17) is 0 Å². The van der Waals surface area contributed by atoms with Gasteiger partial charge in [0, 0.05) is 17.8 Å². The molecule has 1 aliphatic heterocycles. The lowest BCUT2D eigenvalue weighted by molar-refractivity contribution is 0.523. The zero-order valence-corrected chi connectivity index (χ0v) is 12.8. The highest BCUT2D eigenvalue weighted by Crippen LogP contribution is 2.18. The summed E-state index contributed by atoms with van der Waals surface area (Å²) in [5.41, 5.74) is 0.840. The molecule has 6 heteroatoms. The van der Waals surface area contributed by atoms with E-state index < -0.39 is 10.0 Å². The van der Waals surface area contributed by atoms with Gasteiger partial charge in [-0.25, -0.2) is 13.1 Å². The third-order valence-electron chi connectivity index (χ3n) is 3.63. The van der Waals surface area contributed by atoms with Gasteiger partial charge in [-0.15, -0.1) is 0 Å². The Morgan fingerprint density at radius 1 is 1.45 bits per heavy atom. The summed E-state index contributed by atoms with van der Waals surface area (Å²) in [7, 11) is -1.96. The standard InChI is InChI=1S/C14H23N3O2S/c1-11(9-12-6-4-8-16-12)17-13-5-3-7-14(10-13)20(18,19)15-2/h3,5,7,10-12,15-17H,4,6,8-9H2,1-2H3. The van der Waals surface area contributed by atoms with Crippen LogP contribution in [0.1, 0.15) is 26.2 Å². The average molecular weight is 297 g/mol. The van der Waals surface area contributed by atoms with Crippen molar-refractivity contribution in [2.45, 2.75) is 43.2 Å². The van der Waals surface area contributed by atoms with Crippen molar-refractivity contribution in [3.8, 4) is 0 Å². The topological polar surface area (TPSA) is 70.2 Å². The van der Waals surface area contributed by atoms with Crippen molar-refractivity contribution >= 4 is 15.7 Å². The summed E-state index contributed by atoms with van der Waals surface area (Å²) in [5.74, 6) is 0. The Labute approximate surface area is 121 Å². The van der Waals surface area contributed by atoms with Crippen molar-refractivity contribution in [2.24, 2.45) is 0 Å². The summed E-state index contributed by atoms with van der Waals surface area (Å²) < 4.78 is 25.9. The number of nitrogens with one attached hydrogen (secondary N) is 3. The number of benzene rings is 1. The molecule has 0 radical (unpaired) electrons. The number of sulfonamides is 1. The number of hydrogen-bond acceptors (Lipinski definition) is 4. The van der Waals surface area contributed by atoms with E-state index in [0.29, 0.717) is 12.1 Å². The Kier molecular flexibility index (Phi) is 5.01. The molecular weight excluding hydrogens is 274 g/mol. The van der Waals surface area contributed by atoms with Crippen LogP contribution in [0.3, 0.4) is 0 Å². The Bertz CT molecular complexity index is 539. The lowest BCUT2D eigenvalue weighted by Crippen LogP contribution is -2.29. The van der Waals surface area contributed by atoms with E-state index in [0.717, 1.165) is 18.7 Å². The molecule has 2 unspecified atom stereocenters. The molecule has 20 heavy (non-hydrogen) atoms. The molecule has 0 aliphatic carbocycles. The van der Waals surface area contributed by atoms with Gasteiger partial charge in [-0.1, -0.05) is 6.07 Å². The van der Waals surface area contributed by atoms with Crippen molar-refractivity contribution in [3.63, 3.8) is 0 Å². The van der Waals surface area contributed by atoms with Crippen LogP contribution in [0.5, 0.6) is 0 Å². The van der Waals surface area contributed by atoms with Gasteiger partial charge in [0.2, 0.25) is 10.0 Å². The van der Waals surface area contributed by atoms with Crippen LogP contribution < -0.4 is 15.4 Å². The van der Waals surface area contributed by atoms with E-state index >= 15 is 0 Å². The van der Waals surface area contributed by atoms with Crippen molar-refractivity contribution in [3.05, 3.63) is 24.3 Å². The molecular formula is C14H23N3O2S. The SMILES string of the molecule is CNS(=O)(=O)c1cccc(NC(C)CC2CCCN2)c1. The zero-order valence-electron chi connectivity index (χ0n) is 12.0. The van der Waals surface area contributed by atoms with Crippen LogP contribution in [0.15, 0.2) is 29.2 Å². The maximum absolute atomic E-state index is 11.8. The fraction of sp³-hybridized carbons (Fsp3) is 0.571. The second-order valence-corrected chi connectivity index (χ2v) is 7.20. The van der Waals surface area contributed by atoms with Gasteiger partial charge in [-0.05, 0) is 58.0 Å². The molecule has 1 heterocycles. The summed E-state index contributed by atoms with van der Waals surface area (Å²) in [6.45, 7) is 3.23. The first-order valence-electron chi connectivity index (χ1n) is 7.05. The summed E-state index contributed by atoms with van der Waals surface area (Å²) in [4.78, 5) is 0.288. The van der Waals surface area contributed by atoms with Crippen LogP contribution >= 0.6 is 0 Å². The van der Waals surface area contributed by atoms with Gasteiger partial charge in [-0.3, -0.25) is 0 Å². The summed E-state index contributed by atoms with van der Waals surface area (Å²) in [5, 5.41) is 6.85. The average Bonchev–Trinajstić information content (AvgIpc) is 2.91. The Hall–Kier alpha value is -1.11. The van der Waals surface area contributed by atoms with E-state index in [2.05, 4.69) is 22.3 Å². The summed E-state index contributed by atoms with van der Waals surface area (Å²) in [6, 6.07) is 7.80. The first-order valence-corrected chi connectivity index (χ1v) is 8.53. The largest absolute Gasteiger partial charge is 0.382 e. The number of hydrogen-bond donors (Lipinski definition) is 3. The van der Waals surface area contributed by atoms with Crippen molar-refractivity contribution in [1.82, 2.24) is 10.0 Å². The van der Waals surface area contributed by atoms with Crippen LogP contribution in [0.2, 0.25) is 0 Å². The highest BCUT2D eigenvalue weighted by atomic mass is 32.2. The Balaban J connectivity index is 2.00. The van der Waals surface area contributed by atoms with E-state index in [-0.39, 0.29) is 4.90 Å². The number of anilines is 1. The molecule has 1 aromatic rings. The van der Waals surface area contributed by atoms with Gasteiger partial charge >= 0.3 is 0 Å². The van der Waals surface area contributed by atoms with Gasteiger partial charge in [0.1, 0.15) is 0 Å².